The Balaban J connectivity index is 1.51. The van der Waals surface area contributed by atoms with E-state index < -0.39 is 11.6 Å². The van der Waals surface area contributed by atoms with Crippen molar-refractivity contribution in [1.82, 2.24) is 14.9 Å². The molecule has 1 atom stereocenters. The van der Waals surface area contributed by atoms with Crippen molar-refractivity contribution >= 4 is 11.6 Å². The Morgan fingerprint density at radius 1 is 1.03 bits per heavy atom. The minimum Gasteiger partial charge on any atom is -0.322 e. The van der Waals surface area contributed by atoms with Crippen LogP contribution in [0.15, 0.2) is 42.6 Å². The van der Waals surface area contributed by atoms with E-state index in [1.165, 1.54) is 6.07 Å². The summed E-state index contributed by atoms with van der Waals surface area (Å²) >= 11 is 0. The molecular formula is C26H26F2N4O. The number of carbonyl (C=O) groups excluding carboxylic acids is 1. The lowest BCUT2D eigenvalue weighted by molar-refractivity contribution is 0.102. The van der Waals surface area contributed by atoms with Gasteiger partial charge < -0.3 is 5.32 Å². The number of nitrogens with one attached hydrogen (secondary N) is 1. The molecule has 2 aromatic heterocycles. The van der Waals surface area contributed by atoms with Crippen LogP contribution in [0.1, 0.15) is 64.4 Å². The van der Waals surface area contributed by atoms with Crippen LogP contribution in [0.25, 0.3) is 0 Å². The summed E-state index contributed by atoms with van der Waals surface area (Å²) in [7, 11) is 0. The summed E-state index contributed by atoms with van der Waals surface area (Å²) in [4.78, 5) is 25.3. The summed E-state index contributed by atoms with van der Waals surface area (Å²) in [6.45, 7) is 3.55. The largest absolute Gasteiger partial charge is 0.322 e. The van der Waals surface area contributed by atoms with E-state index >= 15 is 0 Å². The number of anilines is 1. The summed E-state index contributed by atoms with van der Waals surface area (Å²) in [5.74, 6) is -2.21. The van der Waals surface area contributed by atoms with Crippen molar-refractivity contribution in [3.8, 4) is 0 Å². The fraction of sp³-hybridized carbons (Fsp3) is 0.346. The molecule has 1 aliphatic carbocycles. The van der Waals surface area contributed by atoms with Crippen LogP contribution in [0.2, 0.25) is 0 Å². The molecule has 170 valence electrons. The maximum absolute atomic E-state index is 13.7. The molecule has 1 amide bonds. The maximum Gasteiger partial charge on any atom is 0.256 e. The van der Waals surface area contributed by atoms with Gasteiger partial charge in [0.1, 0.15) is 0 Å². The number of halogens is 2. The molecule has 1 N–H and O–H groups in total. The Labute approximate surface area is 191 Å². The molecule has 3 aromatic rings. The van der Waals surface area contributed by atoms with Gasteiger partial charge in [-0.15, -0.1) is 0 Å². The van der Waals surface area contributed by atoms with E-state index in [1.807, 2.05) is 18.2 Å². The van der Waals surface area contributed by atoms with Crippen molar-refractivity contribution in [2.24, 2.45) is 0 Å². The molecule has 0 saturated heterocycles. The van der Waals surface area contributed by atoms with E-state index in [0.29, 0.717) is 12.1 Å². The minimum absolute atomic E-state index is 0.0949. The molecule has 0 bridgehead atoms. The van der Waals surface area contributed by atoms with E-state index in [-0.39, 0.29) is 17.6 Å². The molecule has 3 heterocycles. The number of fused-ring (bicyclic) bond motifs is 2. The average molecular weight is 449 g/mol. The van der Waals surface area contributed by atoms with Crippen molar-refractivity contribution in [1.29, 1.82) is 0 Å². The monoisotopic (exact) mass is 448 g/mol. The second-order valence-corrected chi connectivity index (χ2v) is 8.78. The second kappa shape index (κ2) is 8.98. The maximum atomic E-state index is 13.7. The fourth-order valence-electron chi connectivity index (χ4n) is 4.93. The molecule has 1 aromatic carbocycles. The van der Waals surface area contributed by atoms with E-state index in [1.54, 1.807) is 6.20 Å². The van der Waals surface area contributed by atoms with Crippen LogP contribution in [-0.4, -0.2) is 27.3 Å². The van der Waals surface area contributed by atoms with Crippen molar-refractivity contribution in [2.45, 2.75) is 51.6 Å². The quantitative estimate of drug-likeness (QED) is 0.610. The third kappa shape index (κ3) is 4.25. The zero-order valence-electron chi connectivity index (χ0n) is 18.6. The van der Waals surface area contributed by atoms with Gasteiger partial charge in [-0.3, -0.25) is 19.7 Å². The van der Waals surface area contributed by atoms with Crippen LogP contribution in [0.3, 0.4) is 0 Å². The molecule has 0 spiro atoms. The van der Waals surface area contributed by atoms with Gasteiger partial charge in [0.15, 0.2) is 11.6 Å². The first-order valence-electron chi connectivity index (χ1n) is 11.5. The highest BCUT2D eigenvalue weighted by atomic mass is 19.2. The first kappa shape index (κ1) is 21.6. The molecule has 0 saturated carbocycles. The standard InChI is InChI=1S/C26H26F2N4O/c1-16(22-7-4-5-12-29-22)32-13-11-24-19(15-32)25(18-6-2-3-8-23(18)31-24)26(33)30-17-9-10-20(27)21(28)14-17/h4-5,7,9-10,12,14,16H,2-3,6,8,11,13,15H2,1H3,(H,30,33). The molecule has 5 nitrogen and oxygen atoms in total. The highest BCUT2D eigenvalue weighted by molar-refractivity contribution is 6.06. The zero-order valence-corrected chi connectivity index (χ0v) is 18.6. The van der Waals surface area contributed by atoms with Gasteiger partial charge >= 0.3 is 0 Å². The number of pyridine rings is 2. The van der Waals surface area contributed by atoms with Gasteiger partial charge in [-0.2, -0.15) is 0 Å². The highest BCUT2D eigenvalue weighted by Crippen LogP contribution is 2.34. The van der Waals surface area contributed by atoms with E-state index in [0.717, 1.165) is 79.0 Å². The number of hydrogen-bond acceptors (Lipinski definition) is 4. The SMILES string of the molecule is CC(c1ccccn1)N1CCc2nc3c(c(C(=O)Nc4ccc(F)c(F)c4)c2C1)CCCC3. The number of nitrogens with zero attached hydrogens (tertiary/aromatic N) is 3. The topological polar surface area (TPSA) is 58.1 Å². The van der Waals surface area contributed by atoms with Crippen molar-refractivity contribution in [3.05, 3.63) is 88.0 Å². The molecule has 7 heteroatoms. The fourth-order valence-corrected chi connectivity index (χ4v) is 4.93. The third-order valence-electron chi connectivity index (χ3n) is 6.73. The third-order valence-corrected chi connectivity index (χ3v) is 6.73. The summed E-state index contributed by atoms with van der Waals surface area (Å²) in [5.41, 5.74) is 5.77. The van der Waals surface area contributed by atoms with Crippen LogP contribution >= 0.6 is 0 Å². The van der Waals surface area contributed by atoms with Gasteiger partial charge in [0.2, 0.25) is 0 Å². The molecule has 0 radical (unpaired) electrons. The summed E-state index contributed by atoms with van der Waals surface area (Å²) in [6.07, 6.45) is 6.28. The molecule has 1 unspecified atom stereocenters. The van der Waals surface area contributed by atoms with Gasteiger partial charge in [-0.05, 0) is 62.4 Å². The Morgan fingerprint density at radius 3 is 2.64 bits per heavy atom. The van der Waals surface area contributed by atoms with Gasteiger partial charge in [-0.1, -0.05) is 6.07 Å². The van der Waals surface area contributed by atoms with E-state index in [4.69, 9.17) is 4.98 Å². The summed E-state index contributed by atoms with van der Waals surface area (Å²) in [6, 6.07) is 9.42. The van der Waals surface area contributed by atoms with Crippen LogP contribution in [0.5, 0.6) is 0 Å². The van der Waals surface area contributed by atoms with Gasteiger partial charge in [0.25, 0.3) is 5.91 Å². The summed E-state index contributed by atoms with van der Waals surface area (Å²) in [5, 5.41) is 2.80. The van der Waals surface area contributed by atoms with Crippen molar-refractivity contribution in [2.75, 3.05) is 11.9 Å². The lowest BCUT2D eigenvalue weighted by Gasteiger charge is -2.35. The molecule has 0 fully saturated rings. The van der Waals surface area contributed by atoms with Crippen LogP contribution in [0.4, 0.5) is 14.5 Å². The molecule has 2 aliphatic rings. The molecule has 33 heavy (non-hydrogen) atoms. The number of aryl methyl sites for hydroxylation is 1. The Hall–Kier alpha value is -3.19. The average Bonchev–Trinajstić information content (AvgIpc) is 2.84. The molecule has 5 rings (SSSR count). The molecule has 1 aliphatic heterocycles. The van der Waals surface area contributed by atoms with Crippen LogP contribution < -0.4 is 5.32 Å². The predicted octanol–water partition coefficient (Wildman–Crippen LogP) is 5.01. The van der Waals surface area contributed by atoms with Gasteiger partial charge in [0.05, 0.1) is 11.3 Å². The number of amides is 1. The van der Waals surface area contributed by atoms with Gasteiger partial charge in [-0.25, -0.2) is 8.78 Å². The minimum atomic E-state index is -0.984. The van der Waals surface area contributed by atoms with Crippen LogP contribution in [0, 0.1) is 11.6 Å². The smallest absolute Gasteiger partial charge is 0.256 e. The van der Waals surface area contributed by atoms with Crippen molar-refractivity contribution < 1.29 is 13.6 Å². The number of rotatable bonds is 4. The summed E-state index contributed by atoms with van der Waals surface area (Å²) < 4.78 is 27.1. The lowest BCUT2D eigenvalue weighted by atomic mass is 9.86. The highest BCUT2D eigenvalue weighted by Gasteiger charge is 2.31. The lowest BCUT2D eigenvalue weighted by Crippen LogP contribution is -2.36. The van der Waals surface area contributed by atoms with E-state index in [2.05, 4.69) is 22.1 Å². The Bertz CT molecular complexity index is 1200. The molecular weight excluding hydrogens is 422 g/mol. The number of carbonyl (C=O) groups is 1. The Kier molecular flexibility index (Phi) is 5.89. The normalized spacial score (nSPS) is 16.6. The first-order valence-corrected chi connectivity index (χ1v) is 11.5. The Morgan fingerprint density at radius 2 is 1.85 bits per heavy atom. The number of benzene rings is 1. The zero-order chi connectivity index (χ0) is 22.9. The van der Waals surface area contributed by atoms with Crippen LogP contribution in [-0.2, 0) is 25.8 Å². The van der Waals surface area contributed by atoms with Gasteiger partial charge in [0, 0.05) is 60.5 Å². The second-order valence-electron chi connectivity index (χ2n) is 8.78. The number of hydrogen-bond donors (Lipinski definition) is 1. The predicted molar refractivity (Wildman–Crippen MR) is 122 cm³/mol. The van der Waals surface area contributed by atoms with Crippen molar-refractivity contribution in [3.63, 3.8) is 0 Å². The van der Waals surface area contributed by atoms with E-state index in [9.17, 15) is 13.6 Å². The first-order chi connectivity index (χ1) is 16.0. The number of aromatic nitrogens is 2.